The van der Waals surface area contributed by atoms with Gasteiger partial charge in [0.15, 0.2) is 0 Å². The molecule has 0 aliphatic rings. The zero-order valence-electron chi connectivity index (χ0n) is 5.14. The van der Waals surface area contributed by atoms with Gasteiger partial charge in [0.1, 0.15) is 0 Å². The SMILES string of the molecule is CC(=O)OCC[O-].[Na+]. The molecular formula is C4H7NaO3. The zero-order valence-corrected chi connectivity index (χ0v) is 7.14. The van der Waals surface area contributed by atoms with E-state index in [0.29, 0.717) is 0 Å². The summed E-state index contributed by atoms with van der Waals surface area (Å²) in [4.78, 5) is 9.84. The van der Waals surface area contributed by atoms with Gasteiger partial charge in [0.25, 0.3) is 0 Å². The zero-order chi connectivity index (χ0) is 5.70. The van der Waals surface area contributed by atoms with E-state index in [1.807, 2.05) is 0 Å². The third kappa shape index (κ3) is 9.66. The van der Waals surface area contributed by atoms with Gasteiger partial charge in [0.05, 0.1) is 6.61 Å². The van der Waals surface area contributed by atoms with Crippen LogP contribution in [0.4, 0.5) is 0 Å². The first-order valence-corrected chi connectivity index (χ1v) is 1.99. The Bertz CT molecular complexity index is 64.3. The summed E-state index contributed by atoms with van der Waals surface area (Å²) in [6.45, 7) is 0.921. The summed E-state index contributed by atoms with van der Waals surface area (Å²) in [6, 6.07) is 0. The first kappa shape index (κ1) is 11.3. The van der Waals surface area contributed by atoms with Gasteiger partial charge < -0.3 is 9.84 Å². The second kappa shape index (κ2) is 7.43. The Morgan fingerprint density at radius 1 is 1.75 bits per heavy atom. The van der Waals surface area contributed by atoms with Gasteiger partial charge in [-0.05, 0) is 0 Å². The summed E-state index contributed by atoms with van der Waals surface area (Å²) in [5.41, 5.74) is 0. The second-order valence-corrected chi connectivity index (χ2v) is 1.04. The van der Waals surface area contributed by atoms with Gasteiger partial charge in [0.2, 0.25) is 0 Å². The fourth-order valence-electron chi connectivity index (χ4n) is 0.185. The molecule has 0 aliphatic carbocycles. The van der Waals surface area contributed by atoms with Crippen molar-refractivity contribution in [3.63, 3.8) is 0 Å². The normalized spacial score (nSPS) is 7.25. The Kier molecular flexibility index (Phi) is 10.5. The predicted octanol–water partition coefficient (Wildman–Crippen LogP) is -4.09. The third-order valence-corrected chi connectivity index (χ3v) is 0.389. The van der Waals surface area contributed by atoms with Crippen LogP contribution in [0.3, 0.4) is 0 Å². The largest absolute Gasteiger partial charge is 1.00 e. The van der Waals surface area contributed by atoms with E-state index in [1.54, 1.807) is 0 Å². The van der Waals surface area contributed by atoms with Crippen LogP contribution in [0, 0.1) is 0 Å². The van der Waals surface area contributed by atoms with Gasteiger partial charge in [-0.3, -0.25) is 4.79 Å². The molecule has 0 radical (unpaired) electrons. The van der Waals surface area contributed by atoms with Gasteiger partial charge in [0, 0.05) is 6.92 Å². The van der Waals surface area contributed by atoms with Crippen LogP contribution in [-0.4, -0.2) is 19.2 Å². The number of esters is 1. The number of carbonyl (C=O) groups excluding carboxylic acids is 1. The maximum Gasteiger partial charge on any atom is 1.00 e. The first-order chi connectivity index (χ1) is 3.27. The summed E-state index contributed by atoms with van der Waals surface area (Å²) < 4.78 is 4.24. The van der Waals surface area contributed by atoms with Gasteiger partial charge in [-0.2, -0.15) is 0 Å². The Balaban J connectivity index is 0. The molecular weight excluding hydrogens is 119 g/mol. The quantitative estimate of drug-likeness (QED) is 0.279. The Morgan fingerprint density at radius 3 is 2.38 bits per heavy atom. The molecule has 0 heterocycles. The van der Waals surface area contributed by atoms with E-state index in [4.69, 9.17) is 0 Å². The summed E-state index contributed by atoms with van der Waals surface area (Å²) in [5.74, 6) is -0.393. The molecule has 3 nitrogen and oxygen atoms in total. The molecule has 0 aromatic rings. The van der Waals surface area contributed by atoms with Crippen molar-refractivity contribution in [3.05, 3.63) is 0 Å². The molecule has 0 unspecified atom stereocenters. The summed E-state index contributed by atoms with van der Waals surface area (Å²) in [5, 5.41) is 9.56. The number of hydrogen-bond acceptors (Lipinski definition) is 3. The summed E-state index contributed by atoms with van der Waals surface area (Å²) >= 11 is 0. The van der Waals surface area contributed by atoms with Crippen molar-refractivity contribution in [1.82, 2.24) is 0 Å². The van der Waals surface area contributed by atoms with E-state index >= 15 is 0 Å². The van der Waals surface area contributed by atoms with Crippen LogP contribution >= 0.6 is 0 Å². The molecule has 8 heavy (non-hydrogen) atoms. The molecule has 0 bridgehead atoms. The molecule has 0 spiro atoms. The topological polar surface area (TPSA) is 49.4 Å². The van der Waals surface area contributed by atoms with Crippen molar-refractivity contribution >= 4 is 5.97 Å². The van der Waals surface area contributed by atoms with Crippen LogP contribution in [0.1, 0.15) is 6.92 Å². The van der Waals surface area contributed by atoms with Crippen molar-refractivity contribution in [2.24, 2.45) is 0 Å². The van der Waals surface area contributed by atoms with Crippen LogP contribution in [0.2, 0.25) is 0 Å². The van der Waals surface area contributed by atoms with Crippen LogP contribution in [0.25, 0.3) is 0 Å². The van der Waals surface area contributed by atoms with Gasteiger partial charge in [-0.15, -0.1) is 6.61 Å². The third-order valence-electron chi connectivity index (χ3n) is 0.389. The van der Waals surface area contributed by atoms with E-state index in [-0.39, 0.29) is 42.8 Å². The average Bonchev–Trinajstić information content (AvgIpc) is 1.61. The second-order valence-electron chi connectivity index (χ2n) is 1.04. The Hall–Kier alpha value is 0.430. The number of rotatable bonds is 2. The Labute approximate surface area is 70.3 Å². The van der Waals surface area contributed by atoms with E-state index in [0.717, 1.165) is 0 Å². The molecule has 0 aromatic carbocycles. The number of hydrogen-bond donors (Lipinski definition) is 0. The minimum Gasteiger partial charge on any atom is -0.852 e. The van der Waals surface area contributed by atoms with Crippen molar-refractivity contribution in [3.8, 4) is 0 Å². The molecule has 0 N–H and O–H groups in total. The molecule has 0 aromatic heterocycles. The van der Waals surface area contributed by atoms with E-state index < -0.39 is 5.97 Å². The van der Waals surface area contributed by atoms with Crippen LogP contribution in [-0.2, 0) is 9.53 Å². The minimum absolute atomic E-state index is 0. The summed E-state index contributed by atoms with van der Waals surface area (Å²) in [6.07, 6.45) is 0. The fraction of sp³-hybridized carbons (Fsp3) is 0.750. The van der Waals surface area contributed by atoms with Crippen LogP contribution < -0.4 is 34.7 Å². The Morgan fingerprint density at radius 2 is 2.25 bits per heavy atom. The molecule has 42 valence electrons. The smallest absolute Gasteiger partial charge is 0.852 e. The number of ether oxygens (including phenoxy) is 1. The van der Waals surface area contributed by atoms with Crippen molar-refractivity contribution in [2.75, 3.05) is 13.2 Å². The maximum atomic E-state index is 9.84. The fourth-order valence-corrected chi connectivity index (χ4v) is 0.185. The molecule has 0 amide bonds. The van der Waals surface area contributed by atoms with E-state index in [1.165, 1.54) is 6.92 Å². The minimum atomic E-state index is -0.393. The molecule has 0 aliphatic heterocycles. The van der Waals surface area contributed by atoms with Crippen LogP contribution in [0.15, 0.2) is 0 Å². The van der Waals surface area contributed by atoms with Crippen molar-refractivity contribution in [1.29, 1.82) is 0 Å². The van der Waals surface area contributed by atoms with Crippen molar-refractivity contribution < 1.29 is 44.2 Å². The van der Waals surface area contributed by atoms with E-state index in [2.05, 4.69) is 4.74 Å². The average molecular weight is 126 g/mol. The molecule has 0 fully saturated rings. The molecule has 0 rings (SSSR count). The summed E-state index contributed by atoms with van der Waals surface area (Å²) in [7, 11) is 0. The molecule has 0 saturated carbocycles. The van der Waals surface area contributed by atoms with Gasteiger partial charge in [-0.1, -0.05) is 0 Å². The van der Waals surface area contributed by atoms with Gasteiger partial charge in [-0.25, -0.2) is 0 Å². The van der Waals surface area contributed by atoms with Crippen molar-refractivity contribution in [2.45, 2.75) is 6.92 Å². The van der Waals surface area contributed by atoms with E-state index in [9.17, 15) is 9.90 Å². The monoisotopic (exact) mass is 126 g/mol. The molecule has 0 saturated heterocycles. The standard InChI is InChI=1S/C4H7O3.Na/c1-4(6)7-3-2-5;/h2-3H2,1H3;/q-1;+1. The van der Waals surface area contributed by atoms with Gasteiger partial charge >= 0.3 is 35.5 Å². The maximum absolute atomic E-state index is 9.84. The number of carbonyl (C=O) groups is 1. The van der Waals surface area contributed by atoms with Crippen LogP contribution in [0.5, 0.6) is 0 Å². The first-order valence-electron chi connectivity index (χ1n) is 1.99. The molecule has 0 atom stereocenters. The molecule has 4 heteroatoms. The predicted molar refractivity (Wildman–Crippen MR) is 21.5 cm³/mol.